The van der Waals surface area contributed by atoms with Gasteiger partial charge in [-0.15, -0.1) is 0 Å². The van der Waals surface area contributed by atoms with Crippen molar-refractivity contribution in [1.29, 1.82) is 0 Å². The summed E-state index contributed by atoms with van der Waals surface area (Å²) in [6, 6.07) is 12.2. The maximum Gasteiger partial charge on any atom is 0.221 e. The molecule has 0 spiro atoms. The Balaban J connectivity index is 1.97. The first kappa shape index (κ1) is 12.0. The quantitative estimate of drug-likeness (QED) is 0.914. The molecule has 4 nitrogen and oxygen atoms in total. The van der Waals surface area contributed by atoms with Crippen LogP contribution in [0.5, 0.6) is 0 Å². The van der Waals surface area contributed by atoms with E-state index < -0.39 is 0 Å². The first-order chi connectivity index (χ1) is 9.29. The number of rotatable bonds is 3. The zero-order valence-electron chi connectivity index (χ0n) is 10.9. The molecule has 1 amide bonds. The Labute approximate surface area is 112 Å². The summed E-state index contributed by atoms with van der Waals surface area (Å²) in [6.07, 6.45) is 2.34. The third-order valence-electron chi connectivity index (χ3n) is 3.71. The van der Waals surface area contributed by atoms with Gasteiger partial charge in [0.1, 0.15) is 0 Å². The molecule has 0 bridgehead atoms. The molecule has 1 aliphatic heterocycles. The predicted molar refractivity (Wildman–Crippen MR) is 72.6 cm³/mol. The van der Waals surface area contributed by atoms with E-state index in [0.29, 0.717) is 6.42 Å². The molecule has 2 heterocycles. The van der Waals surface area contributed by atoms with Crippen LogP contribution in [0.1, 0.15) is 36.6 Å². The lowest BCUT2D eigenvalue weighted by molar-refractivity contribution is -0.119. The van der Waals surface area contributed by atoms with Crippen molar-refractivity contribution in [1.82, 2.24) is 15.1 Å². The topological polar surface area (TPSA) is 46.9 Å². The van der Waals surface area contributed by atoms with Gasteiger partial charge in [-0.05, 0) is 18.6 Å². The van der Waals surface area contributed by atoms with Gasteiger partial charge in [-0.3, -0.25) is 9.48 Å². The highest BCUT2D eigenvalue weighted by molar-refractivity contribution is 5.80. The van der Waals surface area contributed by atoms with Gasteiger partial charge >= 0.3 is 0 Å². The van der Waals surface area contributed by atoms with Crippen LogP contribution in [-0.4, -0.2) is 15.7 Å². The number of nitrogens with one attached hydrogen (secondary N) is 1. The van der Waals surface area contributed by atoms with Gasteiger partial charge in [0.25, 0.3) is 0 Å². The Hall–Kier alpha value is -2.10. The van der Waals surface area contributed by atoms with Crippen molar-refractivity contribution in [2.24, 2.45) is 0 Å². The van der Waals surface area contributed by atoms with Gasteiger partial charge in [0.15, 0.2) is 0 Å². The normalized spacial score (nSPS) is 22.5. The lowest BCUT2D eigenvalue weighted by atomic mass is 9.91. The van der Waals surface area contributed by atoms with E-state index in [1.54, 1.807) is 0 Å². The number of carbonyl (C=O) groups is 1. The maximum absolute atomic E-state index is 11.8. The van der Waals surface area contributed by atoms with Crippen molar-refractivity contribution in [3.8, 4) is 0 Å². The smallest absolute Gasteiger partial charge is 0.221 e. The van der Waals surface area contributed by atoms with E-state index in [1.807, 2.05) is 35.1 Å². The van der Waals surface area contributed by atoms with E-state index in [4.69, 9.17) is 0 Å². The molecule has 1 fully saturated rings. The molecule has 0 aliphatic carbocycles. The molecular formula is C15H17N3O. The summed E-state index contributed by atoms with van der Waals surface area (Å²) in [5.41, 5.74) is 2.29. The number of aromatic nitrogens is 2. The zero-order chi connectivity index (χ0) is 13.2. The number of benzene rings is 1. The number of hydrogen-bond acceptors (Lipinski definition) is 2. The van der Waals surface area contributed by atoms with Crippen molar-refractivity contribution in [3.63, 3.8) is 0 Å². The van der Waals surface area contributed by atoms with Crippen LogP contribution in [0.25, 0.3) is 0 Å². The van der Waals surface area contributed by atoms with E-state index in [0.717, 1.165) is 17.8 Å². The first-order valence-corrected chi connectivity index (χ1v) is 6.65. The van der Waals surface area contributed by atoms with Crippen LogP contribution in [-0.2, 0) is 11.3 Å². The van der Waals surface area contributed by atoms with E-state index >= 15 is 0 Å². The number of carbonyl (C=O) groups excluding carboxylic acids is 1. The Morgan fingerprint density at radius 2 is 2.11 bits per heavy atom. The molecule has 0 radical (unpaired) electrons. The van der Waals surface area contributed by atoms with Gasteiger partial charge in [0.2, 0.25) is 5.91 Å². The molecular weight excluding hydrogens is 238 g/mol. The summed E-state index contributed by atoms with van der Waals surface area (Å²) < 4.78 is 1.97. The van der Waals surface area contributed by atoms with Crippen LogP contribution in [0.15, 0.2) is 42.6 Å². The summed E-state index contributed by atoms with van der Waals surface area (Å²) in [7, 11) is 0. The van der Waals surface area contributed by atoms with Crippen molar-refractivity contribution >= 4 is 5.91 Å². The molecule has 2 unspecified atom stereocenters. The number of aryl methyl sites for hydroxylation is 1. The molecule has 1 saturated heterocycles. The number of nitrogens with zero attached hydrogens (tertiary/aromatic N) is 2. The first-order valence-electron chi connectivity index (χ1n) is 6.65. The van der Waals surface area contributed by atoms with Crippen molar-refractivity contribution < 1.29 is 4.79 Å². The molecule has 1 aromatic heterocycles. The van der Waals surface area contributed by atoms with E-state index in [2.05, 4.69) is 29.5 Å². The van der Waals surface area contributed by atoms with Gasteiger partial charge in [-0.25, -0.2) is 0 Å². The summed E-state index contributed by atoms with van der Waals surface area (Å²) >= 11 is 0. The Kier molecular flexibility index (Phi) is 3.07. The fraction of sp³-hybridized carbons (Fsp3) is 0.333. The average molecular weight is 255 g/mol. The van der Waals surface area contributed by atoms with Gasteiger partial charge in [-0.2, -0.15) is 5.10 Å². The molecule has 2 atom stereocenters. The van der Waals surface area contributed by atoms with Crippen molar-refractivity contribution in [3.05, 3.63) is 53.9 Å². The molecule has 3 rings (SSSR count). The lowest BCUT2D eigenvalue weighted by Crippen LogP contribution is -2.21. The third kappa shape index (κ3) is 2.14. The fourth-order valence-corrected chi connectivity index (χ4v) is 2.82. The number of amides is 1. The monoisotopic (exact) mass is 255 g/mol. The van der Waals surface area contributed by atoms with Crippen molar-refractivity contribution in [2.45, 2.75) is 31.8 Å². The van der Waals surface area contributed by atoms with E-state index in [1.165, 1.54) is 0 Å². The standard InChI is InChI=1S/C15H17N3O/c1-2-18-13(8-9-16-18)12-10-14(19)17-15(12)11-6-4-3-5-7-11/h3-9,12,15H,2,10H2,1H3,(H,17,19). The van der Waals surface area contributed by atoms with Crippen LogP contribution in [0, 0.1) is 0 Å². The molecule has 1 N–H and O–H groups in total. The second kappa shape index (κ2) is 4.88. The zero-order valence-corrected chi connectivity index (χ0v) is 10.9. The lowest BCUT2D eigenvalue weighted by Gasteiger charge is -2.20. The Morgan fingerprint density at radius 1 is 1.32 bits per heavy atom. The molecule has 98 valence electrons. The SMILES string of the molecule is CCn1nccc1C1CC(=O)NC1c1ccccc1. The maximum atomic E-state index is 11.8. The van der Waals surface area contributed by atoms with Gasteiger partial charge in [0.05, 0.1) is 6.04 Å². The summed E-state index contributed by atoms with van der Waals surface area (Å²) in [5, 5.41) is 7.39. The second-order valence-electron chi connectivity index (χ2n) is 4.84. The molecule has 1 aliphatic rings. The molecule has 1 aromatic carbocycles. The van der Waals surface area contributed by atoms with Crippen molar-refractivity contribution in [2.75, 3.05) is 0 Å². The van der Waals surface area contributed by atoms with Crippen LogP contribution in [0.2, 0.25) is 0 Å². The average Bonchev–Trinajstić information content (AvgIpc) is 3.05. The summed E-state index contributed by atoms with van der Waals surface area (Å²) in [5.74, 6) is 0.278. The van der Waals surface area contributed by atoms with Crippen LogP contribution in [0.3, 0.4) is 0 Å². The van der Waals surface area contributed by atoms with E-state index in [9.17, 15) is 4.79 Å². The van der Waals surface area contributed by atoms with Gasteiger partial charge in [0, 0.05) is 30.8 Å². The minimum absolute atomic E-state index is 0.0516. The Bertz CT molecular complexity index is 576. The minimum Gasteiger partial charge on any atom is -0.349 e. The van der Waals surface area contributed by atoms with Gasteiger partial charge in [-0.1, -0.05) is 30.3 Å². The highest BCUT2D eigenvalue weighted by atomic mass is 16.2. The highest BCUT2D eigenvalue weighted by Crippen LogP contribution is 2.37. The molecule has 19 heavy (non-hydrogen) atoms. The number of hydrogen-bond donors (Lipinski definition) is 1. The summed E-state index contributed by atoms with van der Waals surface area (Å²) in [4.78, 5) is 11.8. The molecule has 0 saturated carbocycles. The van der Waals surface area contributed by atoms with Crippen LogP contribution >= 0.6 is 0 Å². The second-order valence-corrected chi connectivity index (χ2v) is 4.84. The summed E-state index contributed by atoms with van der Waals surface area (Å²) in [6.45, 7) is 2.90. The molecule has 4 heteroatoms. The minimum atomic E-state index is 0.0516. The van der Waals surface area contributed by atoms with Gasteiger partial charge < -0.3 is 5.32 Å². The third-order valence-corrected chi connectivity index (χ3v) is 3.71. The van der Waals surface area contributed by atoms with Crippen LogP contribution in [0.4, 0.5) is 0 Å². The van der Waals surface area contributed by atoms with E-state index in [-0.39, 0.29) is 17.9 Å². The fourth-order valence-electron chi connectivity index (χ4n) is 2.82. The highest BCUT2D eigenvalue weighted by Gasteiger charge is 2.36. The Morgan fingerprint density at radius 3 is 2.84 bits per heavy atom. The largest absolute Gasteiger partial charge is 0.349 e. The predicted octanol–water partition coefficient (Wildman–Crippen LogP) is 2.25. The van der Waals surface area contributed by atoms with Crippen LogP contribution < -0.4 is 5.32 Å². The molecule has 2 aromatic rings.